The van der Waals surface area contributed by atoms with E-state index in [0.29, 0.717) is 30.8 Å². The number of ether oxygens (including phenoxy) is 1. The molecule has 4 nitrogen and oxygen atoms in total. The van der Waals surface area contributed by atoms with Gasteiger partial charge < -0.3 is 9.15 Å². The molecule has 0 amide bonds. The van der Waals surface area contributed by atoms with E-state index in [1.54, 1.807) is 0 Å². The highest BCUT2D eigenvalue weighted by atomic mass is 19.1. The summed E-state index contributed by atoms with van der Waals surface area (Å²) < 4.78 is 24.2. The maximum absolute atomic E-state index is 12.7. The van der Waals surface area contributed by atoms with Crippen LogP contribution in [0.3, 0.4) is 0 Å². The summed E-state index contributed by atoms with van der Waals surface area (Å²) in [5, 5.41) is 8.37. The fourth-order valence-electron chi connectivity index (χ4n) is 4.74. The first kappa shape index (κ1) is 18.2. The van der Waals surface area contributed by atoms with Crippen LogP contribution in [0.15, 0.2) is 40.6 Å². The molecule has 2 aromatic rings. The highest BCUT2D eigenvalue weighted by molar-refractivity contribution is 5.35. The van der Waals surface area contributed by atoms with E-state index in [1.165, 1.54) is 5.56 Å². The number of rotatable bonds is 6. The third kappa shape index (κ3) is 3.28. The third-order valence-corrected chi connectivity index (χ3v) is 6.73. The number of halogens is 1. The Labute approximate surface area is 159 Å². The van der Waals surface area contributed by atoms with Crippen molar-refractivity contribution in [3.05, 3.63) is 53.5 Å². The molecule has 3 fully saturated rings. The second kappa shape index (κ2) is 7.10. The highest BCUT2D eigenvalue weighted by Gasteiger charge is 2.52. The quantitative estimate of drug-likeness (QED) is 0.667. The van der Waals surface area contributed by atoms with Crippen molar-refractivity contribution >= 4 is 0 Å². The van der Waals surface area contributed by atoms with Crippen LogP contribution in [0.2, 0.25) is 0 Å². The van der Waals surface area contributed by atoms with E-state index in [9.17, 15) is 4.39 Å². The lowest BCUT2D eigenvalue weighted by Gasteiger charge is -2.52. The van der Waals surface area contributed by atoms with Crippen molar-refractivity contribution in [2.75, 3.05) is 6.61 Å². The van der Waals surface area contributed by atoms with Gasteiger partial charge in [0.15, 0.2) is 0 Å². The van der Waals surface area contributed by atoms with Gasteiger partial charge in [-0.25, -0.2) is 4.39 Å². The Bertz CT molecular complexity index is 801. The molecule has 5 heteroatoms. The number of fused-ring (bicyclic) bond motifs is 3. The van der Waals surface area contributed by atoms with Gasteiger partial charge >= 0.3 is 0 Å². The van der Waals surface area contributed by atoms with Gasteiger partial charge in [0.1, 0.15) is 12.4 Å². The summed E-state index contributed by atoms with van der Waals surface area (Å²) in [7, 11) is 0. The lowest BCUT2D eigenvalue weighted by Crippen LogP contribution is -2.46. The summed E-state index contributed by atoms with van der Waals surface area (Å²) in [6, 6.07) is 8.42. The zero-order valence-corrected chi connectivity index (χ0v) is 16.1. The molecule has 1 heterocycles. The Kier molecular flexibility index (Phi) is 4.79. The van der Waals surface area contributed by atoms with Crippen LogP contribution in [0.4, 0.5) is 4.39 Å². The molecule has 0 radical (unpaired) electrons. The fraction of sp³-hybridized carbons (Fsp3) is 0.545. The minimum Gasteiger partial charge on any atom is -0.489 e. The zero-order chi connectivity index (χ0) is 18.9. The molecule has 1 aromatic carbocycles. The number of benzene rings is 1. The van der Waals surface area contributed by atoms with Crippen LogP contribution >= 0.6 is 0 Å². The molecule has 0 N–H and O–H groups in total. The van der Waals surface area contributed by atoms with Crippen molar-refractivity contribution in [3.8, 4) is 5.75 Å². The normalized spacial score (nSPS) is 27.7. The molecule has 27 heavy (non-hydrogen) atoms. The Balaban J connectivity index is 1.44. The summed E-state index contributed by atoms with van der Waals surface area (Å²) in [4.78, 5) is 0. The monoisotopic (exact) mass is 370 g/mol. The zero-order valence-electron chi connectivity index (χ0n) is 16.1. The smallest absolute Gasteiger partial charge is 0.222 e. The number of nitrogens with zero attached hydrogens (tertiary/aromatic N) is 2. The molecule has 0 spiro atoms. The van der Waals surface area contributed by atoms with Gasteiger partial charge in [0.05, 0.1) is 6.33 Å². The van der Waals surface area contributed by atoms with Crippen molar-refractivity contribution in [1.29, 1.82) is 0 Å². The van der Waals surface area contributed by atoms with E-state index < -0.39 is 0 Å². The number of aromatic nitrogens is 2. The molecular weight excluding hydrogens is 343 g/mol. The first-order valence-corrected chi connectivity index (χ1v) is 9.91. The molecule has 3 saturated carbocycles. The van der Waals surface area contributed by atoms with Crippen molar-refractivity contribution in [2.45, 2.75) is 69.6 Å². The van der Waals surface area contributed by atoms with Crippen molar-refractivity contribution in [2.24, 2.45) is 0 Å². The van der Waals surface area contributed by atoms with E-state index >= 15 is 0 Å². The van der Waals surface area contributed by atoms with E-state index in [2.05, 4.69) is 22.3 Å². The second-order valence-electron chi connectivity index (χ2n) is 8.12. The number of hydrogen-bond acceptors (Lipinski definition) is 4. The van der Waals surface area contributed by atoms with Gasteiger partial charge in [-0.15, -0.1) is 10.2 Å². The Morgan fingerprint density at radius 1 is 1.07 bits per heavy atom. The molecule has 144 valence electrons. The highest BCUT2D eigenvalue weighted by Crippen LogP contribution is 2.58. The number of aryl methyl sites for hydroxylation is 1. The SMILES string of the molecule is CC/C(=C\F)COc1ccc(C23CCC(c4nnc(C)o4)(CC2)CC3)cc1. The van der Waals surface area contributed by atoms with Crippen LogP contribution in [-0.4, -0.2) is 16.8 Å². The van der Waals surface area contributed by atoms with Crippen LogP contribution in [0.5, 0.6) is 5.75 Å². The molecule has 0 atom stereocenters. The van der Waals surface area contributed by atoms with Gasteiger partial charge in [-0.2, -0.15) is 0 Å². The minimum atomic E-state index is 0.0846. The Morgan fingerprint density at radius 2 is 1.70 bits per heavy atom. The molecule has 5 rings (SSSR count). The maximum Gasteiger partial charge on any atom is 0.222 e. The average Bonchev–Trinajstić information content (AvgIpc) is 3.18. The second-order valence-corrected chi connectivity index (χ2v) is 8.12. The van der Waals surface area contributed by atoms with Crippen LogP contribution in [0.25, 0.3) is 0 Å². The summed E-state index contributed by atoms with van der Waals surface area (Å²) in [6.07, 6.45) is 8.08. The molecule has 2 bridgehead atoms. The molecule has 1 aromatic heterocycles. The Morgan fingerprint density at radius 3 is 2.22 bits per heavy atom. The first-order chi connectivity index (χ1) is 13.1. The summed E-state index contributed by atoms with van der Waals surface area (Å²) in [5.74, 6) is 2.29. The van der Waals surface area contributed by atoms with E-state index in [4.69, 9.17) is 9.15 Å². The summed E-state index contributed by atoms with van der Waals surface area (Å²) >= 11 is 0. The van der Waals surface area contributed by atoms with Gasteiger partial charge in [-0.05, 0) is 73.6 Å². The van der Waals surface area contributed by atoms with Crippen LogP contribution < -0.4 is 4.74 Å². The van der Waals surface area contributed by atoms with E-state index in [-0.39, 0.29) is 10.8 Å². The van der Waals surface area contributed by atoms with Crippen LogP contribution in [-0.2, 0) is 10.8 Å². The largest absolute Gasteiger partial charge is 0.489 e. The third-order valence-electron chi connectivity index (χ3n) is 6.73. The average molecular weight is 370 g/mol. The molecule has 0 unspecified atom stereocenters. The summed E-state index contributed by atoms with van der Waals surface area (Å²) in [6.45, 7) is 4.10. The first-order valence-electron chi connectivity index (χ1n) is 9.91. The van der Waals surface area contributed by atoms with Crippen LogP contribution in [0.1, 0.15) is 69.2 Å². The van der Waals surface area contributed by atoms with Crippen molar-refractivity contribution in [1.82, 2.24) is 10.2 Å². The molecule has 0 saturated heterocycles. The standard InChI is InChI=1S/C22H27FN2O2/c1-3-17(14-23)15-26-19-6-4-18(5-7-19)21-8-11-22(12-9-21,13-10-21)20-25-24-16(2)27-20/h4-7,14H,3,8-13,15H2,1-2H3/b17-14+. The van der Waals surface area contributed by atoms with E-state index in [0.717, 1.165) is 50.2 Å². The van der Waals surface area contributed by atoms with Gasteiger partial charge in [0.25, 0.3) is 0 Å². The fourth-order valence-corrected chi connectivity index (χ4v) is 4.74. The lowest BCUT2D eigenvalue weighted by atomic mass is 9.52. The van der Waals surface area contributed by atoms with Gasteiger partial charge in [0, 0.05) is 12.3 Å². The van der Waals surface area contributed by atoms with E-state index in [1.807, 2.05) is 26.0 Å². The molecule has 3 aliphatic rings. The summed E-state index contributed by atoms with van der Waals surface area (Å²) in [5.41, 5.74) is 2.40. The minimum absolute atomic E-state index is 0.0846. The predicted octanol–water partition coefficient (Wildman–Crippen LogP) is 5.56. The molecule has 3 aliphatic carbocycles. The number of hydrogen-bond donors (Lipinski definition) is 0. The van der Waals surface area contributed by atoms with Gasteiger partial charge in [-0.3, -0.25) is 0 Å². The van der Waals surface area contributed by atoms with Gasteiger partial charge in [-0.1, -0.05) is 19.1 Å². The maximum atomic E-state index is 12.7. The van der Waals surface area contributed by atoms with Gasteiger partial charge in [0.2, 0.25) is 11.8 Å². The van der Waals surface area contributed by atoms with Crippen molar-refractivity contribution in [3.63, 3.8) is 0 Å². The molecular formula is C22H27FN2O2. The lowest BCUT2D eigenvalue weighted by molar-refractivity contribution is 0.0801. The van der Waals surface area contributed by atoms with Crippen molar-refractivity contribution < 1.29 is 13.5 Å². The topological polar surface area (TPSA) is 48.2 Å². The van der Waals surface area contributed by atoms with Crippen LogP contribution in [0, 0.1) is 6.92 Å². The molecule has 0 aliphatic heterocycles. The Hall–Kier alpha value is -2.17. The predicted molar refractivity (Wildman–Crippen MR) is 102 cm³/mol.